The van der Waals surface area contributed by atoms with Gasteiger partial charge in [0.15, 0.2) is 0 Å². The molecule has 106 valence electrons. The highest BCUT2D eigenvalue weighted by Gasteiger charge is 2.08. The molecule has 1 unspecified atom stereocenters. The number of ether oxygens (including phenoxy) is 1. The molecule has 0 saturated carbocycles. The zero-order valence-corrected chi connectivity index (χ0v) is 12.3. The topological polar surface area (TPSA) is 47.0 Å². The van der Waals surface area contributed by atoms with Gasteiger partial charge >= 0.3 is 0 Å². The molecule has 20 heavy (non-hydrogen) atoms. The molecule has 0 amide bonds. The first-order valence-electron chi connectivity index (χ1n) is 6.93. The third kappa shape index (κ3) is 4.23. The number of nitrogens with zero attached hydrogens (tertiary/aromatic N) is 2. The van der Waals surface area contributed by atoms with Crippen molar-refractivity contribution in [2.24, 2.45) is 0 Å². The van der Waals surface area contributed by atoms with Gasteiger partial charge in [-0.05, 0) is 38.0 Å². The second-order valence-corrected chi connectivity index (χ2v) is 4.89. The molecule has 0 aliphatic heterocycles. The smallest absolute Gasteiger partial charge is 0.129 e. The first-order valence-corrected chi connectivity index (χ1v) is 6.93. The first-order chi connectivity index (χ1) is 9.67. The molecule has 2 rings (SSSR count). The van der Waals surface area contributed by atoms with Crippen molar-refractivity contribution in [2.45, 2.75) is 33.3 Å². The van der Waals surface area contributed by atoms with E-state index in [-0.39, 0.29) is 6.10 Å². The maximum absolute atomic E-state index is 5.99. The Hall–Kier alpha value is -2.10. The Morgan fingerprint density at radius 3 is 2.75 bits per heavy atom. The van der Waals surface area contributed by atoms with Gasteiger partial charge in [-0.2, -0.15) is 0 Å². The summed E-state index contributed by atoms with van der Waals surface area (Å²) < 4.78 is 5.99. The second kappa shape index (κ2) is 6.89. The lowest BCUT2D eigenvalue weighted by molar-refractivity contribution is 0.210. The molecule has 0 fully saturated rings. The largest absolute Gasteiger partial charge is 0.489 e. The lowest BCUT2D eigenvalue weighted by Crippen LogP contribution is -2.25. The van der Waals surface area contributed by atoms with Crippen LogP contribution >= 0.6 is 0 Å². The minimum Gasteiger partial charge on any atom is -0.489 e. The standard InChI is InChI=1S/C16H21N3O/c1-4-14(20-15-7-5-6-12(2)8-15)10-17-16-9-13(3)18-11-19-16/h5-9,11,14H,4,10H2,1-3H3,(H,17,18,19). The molecule has 1 aromatic heterocycles. The van der Waals surface area contributed by atoms with E-state index in [0.29, 0.717) is 0 Å². The highest BCUT2D eigenvalue weighted by atomic mass is 16.5. The van der Waals surface area contributed by atoms with Crippen molar-refractivity contribution in [3.63, 3.8) is 0 Å². The maximum atomic E-state index is 5.99. The molecule has 0 bridgehead atoms. The second-order valence-electron chi connectivity index (χ2n) is 4.89. The molecular weight excluding hydrogens is 250 g/mol. The minimum atomic E-state index is 0.118. The van der Waals surface area contributed by atoms with Gasteiger partial charge in [0.25, 0.3) is 0 Å². The van der Waals surface area contributed by atoms with Crippen molar-refractivity contribution in [3.05, 3.63) is 47.9 Å². The van der Waals surface area contributed by atoms with Crippen molar-refractivity contribution in [1.82, 2.24) is 9.97 Å². The van der Waals surface area contributed by atoms with Gasteiger partial charge in [-0.25, -0.2) is 9.97 Å². The summed E-state index contributed by atoms with van der Waals surface area (Å²) in [6.07, 6.45) is 2.62. The van der Waals surface area contributed by atoms with E-state index in [0.717, 1.165) is 30.2 Å². The summed E-state index contributed by atoms with van der Waals surface area (Å²) in [6, 6.07) is 10.1. The number of hydrogen-bond acceptors (Lipinski definition) is 4. The molecule has 1 heterocycles. The van der Waals surface area contributed by atoms with Crippen molar-refractivity contribution in [3.8, 4) is 5.75 Å². The molecule has 0 aliphatic carbocycles. The summed E-state index contributed by atoms with van der Waals surface area (Å²) in [7, 11) is 0. The molecular formula is C16H21N3O. The van der Waals surface area contributed by atoms with Gasteiger partial charge in [-0.1, -0.05) is 19.1 Å². The van der Waals surface area contributed by atoms with Crippen LogP contribution in [0.4, 0.5) is 5.82 Å². The van der Waals surface area contributed by atoms with Crippen LogP contribution in [0.2, 0.25) is 0 Å². The Bertz CT molecular complexity index is 557. The average molecular weight is 271 g/mol. The fourth-order valence-electron chi connectivity index (χ4n) is 1.92. The Labute approximate surface area is 120 Å². The molecule has 4 nitrogen and oxygen atoms in total. The maximum Gasteiger partial charge on any atom is 0.129 e. The highest BCUT2D eigenvalue weighted by molar-refractivity contribution is 5.34. The van der Waals surface area contributed by atoms with Gasteiger partial charge in [-0.15, -0.1) is 0 Å². The van der Waals surface area contributed by atoms with Crippen molar-refractivity contribution < 1.29 is 4.74 Å². The Morgan fingerprint density at radius 2 is 2.05 bits per heavy atom. The molecule has 0 spiro atoms. The van der Waals surface area contributed by atoms with Crippen LogP contribution in [0.15, 0.2) is 36.7 Å². The van der Waals surface area contributed by atoms with E-state index in [1.54, 1.807) is 6.33 Å². The van der Waals surface area contributed by atoms with Crippen LogP contribution in [0.5, 0.6) is 5.75 Å². The van der Waals surface area contributed by atoms with Gasteiger partial charge < -0.3 is 10.1 Å². The predicted molar refractivity (Wildman–Crippen MR) is 81.1 cm³/mol. The predicted octanol–water partition coefficient (Wildman–Crippen LogP) is 3.36. The summed E-state index contributed by atoms with van der Waals surface area (Å²) >= 11 is 0. The van der Waals surface area contributed by atoms with E-state index in [1.165, 1.54) is 5.56 Å². The summed E-state index contributed by atoms with van der Waals surface area (Å²) in [6.45, 7) is 6.86. The third-order valence-corrected chi connectivity index (χ3v) is 3.06. The van der Waals surface area contributed by atoms with E-state index >= 15 is 0 Å². The Kier molecular flexibility index (Phi) is 4.93. The van der Waals surface area contributed by atoms with Gasteiger partial charge in [0, 0.05) is 11.8 Å². The number of hydrogen-bond donors (Lipinski definition) is 1. The molecule has 1 aromatic carbocycles. The lowest BCUT2D eigenvalue weighted by atomic mass is 10.2. The van der Waals surface area contributed by atoms with Crippen LogP contribution in [0, 0.1) is 13.8 Å². The number of anilines is 1. The fourth-order valence-corrected chi connectivity index (χ4v) is 1.92. The molecule has 0 aliphatic rings. The quantitative estimate of drug-likeness (QED) is 0.875. The lowest BCUT2D eigenvalue weighted by Gasteiger charge is -2.18. The Morgan fingerprint density at radius 1 is 1.20 bits per heavy atom. The summed E-state index contributed by atoms with van der Waals surface area (Å²) in [5.41, 5.74) is 2.16. The molecule has 0 radical (unpaired) electrons. The zero-order valence-electron chi connectivity index (χ0n) is 12.3. The van der Waals surface area contributed by atoms with Crippen LogP contribution in [-0.4, -0.2) is 22.6 Å². The zero-order chi connectivity index (χ0) is 14.4. The van der Waals surface area contributed by atoms with Crippen molar-refractivity contribution >= 4 is 5.82 Å². The van der Waals surface area contributed by atoms with Gasteiger partial charge in [0.1, 0.15) is 24.0 Å². The summed E-state index contributed by atoms with van der Waals surface area (Å²) in [5.74, 6) is 1.75. The van der Waals surface area contributed by atoms with Crippen LogP contribution in [-0.2, 0) is 0 Å². The number of rotatable bonds is 6. The van der Waals surface area contributed by atoms with Crippen molar-refractivity contribution in [1.29, 1.82) is 0 Å². The SMILES string of the molecule is CCC(CNc1cc(C)ncn1)Oc1cccc(C)c1. The van der Waals surface area contributed by atoms with E-state index in [2.05, 4.69) is 41.3 Å². The van der Waals surface area contributed by atoms with E-state index in [4.69, 9.17) is 4.74 Å². The van der Waals surface area contributed by atoms with E-state index in [1.807, 2.05) is 25.1 Å². The number of nitrogens with one attached hydrogen (secondary N) is 1. The van der Waals surface area contributed by atoms with Crippen molar-refractivity contribution in [2.75, 3.05) is 11.9 Å². The molecule has 2 aromatic rings. The van der Waals surface area contributed by atoms with Crippen LogP contribution < -0.4 is 10.1 Å². The molecule has 0 saturated heterocycles. The number of aryl methyl sites for hydroxylation is 2. The average Bonchev–Trinajstić information content (AvgIpc) is 2.43. The van der Waals surface area contributed by atoms with Crippen LogP contribution in [0.3, 0.4) is 0 Å². The van der Waals surface area contributed by atoms with Gasteiger partial charge in [0.2, 0.25) is 0 Å². The Balaban J connectivity index is 1.92. The third-order valence-electron chi connectivity index (χ3n) is 3.06. The van der Waals surface area contributed by atoms with Gasteiger partial charge in [-0.3, -0.25) is 0 Å². The van der Waals surface area contributed by atoms with E-state index in [9.17, 15) is 0 Å². The summed E-state index contributed by atoms with van der Waals surface area (Å²) in [5, 5.41) is 3.30. The fraction of sp³-hybridized carbons (Fsp3) is 0.375. The summed E-state index contributed by atoms with van der Waals surface area (Å²) in [4.78, 5) is 8.27. The molecule has 1 N–H and O–H groups in total. The number of aromatic nitrogens is 2. The molecule has 1 atom stereocenters. The van der Waals surface area contributed by atoms with E-state index < -0.39 is 0 Å². The normalized spacial score (nSPS) is 11.9. The highest BCUT2D eigenvalue weighted by Crippen LogP contribution is 2.15. The number of benzene rings is 1. The van der Waals surface area contributed by atoms with Crippen LogP contribution in [0.1, 0.15) is 24.6 Å². The monoisotopic (exact) mass is 271 g/mol. The van der Waals surface area contributed by atoms with Gasteiger partial charge in [0.05, 0.1) is 6.54 Å². The van der Waals surface area contributed by atoms with Crippen LogP contribution in [0.25, 0.3) is 0 Å². The molecule has 4 heteroatoms. The first kappa shape index (κ1) is 14.3. The minimum absolute atomic E-state index is 0.118.